The molecule has 2 unspecified atom stereocenters. The second-order valence-electron chi connectivity index (χ2n) is 5.14. The Bertz CT molecular complexity index is 181. The first-order valence-electron chi connectivity index (χ1n) is 6.07. The van der Waals surface area contributed by atoms with E-state index in [4.69, 9.17) is 0 Å². The van der Waals surface area contributed by atoms with E-state index in [0.717, 1.165) is 19.6 Å². The lowest BCUT2D eigenvalue weighted by atomic mass is 10.0. The van der Waals surface area contributed by atoms with Crippen molar-refractivity contribution >= 4 is 0 Å². The van der Waals surface area contributed by atoms with Gasteiger partial charge in [0, 0.05) is 19.1 Å². The molecule has 0 heterocycles. The van der Waals surface area contributed by atoms with Gasteiger partial charge in [-0.3, -0.25) is 4.90 Å². The maximum atomic E-state index is 9.39. The van der Waals surface area contributed by atoms with E-state index < -0.39 is 0 Å². The lowest BCUT2D eigenvalue weighted by molar-refractivity contribution is 0.0977. The average Bonchev–Trinajstić information content (AvgIpc) is 2.24. The van der Waals surface area contributed by atoms with E-state index in [0.29, 0.717) is 6.04 Å². The number of nitrogens with zero attached hydrogens (tertiary/aromatic N) is 2. The van der Waals surface area contributed by atoms with Crippen molar-refractivity contribution in [1.82, 2.24) is 15.1 Å². The summed E-state index contributed by atoms with van der Waals surface area (Å²) in [6, 6.07) is 0.499. The highest BCUT2D eigenvalue weighted by molar-refractivity contribution is 4.86. The predicted octanol–water partition coefficient (Wildman–Crippen LogP) is 0.229. The molecule has 2 N–H and O–H groups in total. The zero-order valence-corrected chi connectivity index (χ0v) is 11.7. The number of rotatable bonds is 8. The van der Waals surface area contributed by atoms with Crippen LogP contribution in [-0.4, -0.2) is 73.9 Å². The molecule has 0 fully saturated rings. The highest BCUT2D eigenvalue weighted by Crippen LogP contribution is 2.09. The molecule has 0 aliphatic heterocycles. The highest BCUT2D eigenvalue weighted by Gasteiger charge is 2.26. The normalized spacial score (nSPS) is 17.8. The number of likely N-dealkylation sites (N-methyl/N-ethyl adjacent to an activating group) is 3. The summed E-state index contributed by atoms with van der Waals surface area (Å²) in [5.74, 6) is 0. The van der Waals surface area contributed by atoms with Crippen molar-refractivity contribution < 1.29 is 5.11 Å². The molecule has 0 radical (unpaired) electrons. The highest BCUT2D eigenvalue weighted by atomic mass is 16.3. The van der Waals surface area contributed by atoms with Crippen LogP contribution in [0.5, 0.6) is 0 Å². The standard InChI is InChI=1S/C12H29N3O/c1-7-15(11(2)8-14(5)6)9-12(3,10-16)13-4/h11,13,16H,7-10H2,1-6H3. The number of hydrogen-bond acceptors (Lipinski definition) is 4. The fourth-order valence-corrected chi connectivity index (χ4v) is 1.88. The van der Waals surface area contributed by atoms with Crippen molar-refractivity contribution in [1.29, 1.82) is 0 Å². The lowest BCUT2D eigenvalue weighted by Gasteiger charge is -2.37. The van der Waals surface area contributed by atoms with E-state index in [2.05, 4.69) is 50.0 Å². The van der Waals surface area contributed by atoms with E-state index in [1.807, 2.05) is 7.05 Å². The summed E-state index contributed by atoms with van der Waals surface area (Å²) < 4.78 is 0. The third kappa shape index (κ3) is 5.25. The predicted molar refractivity (Wildman–Crippen MR) is 69.8 cm³/mol. The van der Waals surface area contributed by atoms with Crippen LogP contribution in [0.1, 0.15) is 20.8 Å². The maximum absolute atomic E-state index is 9.39. The first kappa shape index (κ1) is 15.8. The Balaban J connectivity index is 4.38. The maximum Gasteiger partial charge on any atom is 0.0623 e. The zero-order valence-electron chi connectivity index (χ0n) is 11.7. The smallest absolute Gasteiger partial charge is 0.0623 e. The molecule has 0 aromatic heterocycles. The number of hydrogen-bond donors (Lipinski definition) is 2. The van der Waals surface area contributed by atoms with Crippen LogP contribution >= 0.6 is 0 Å². The minimum Gasteiger partial charge on any atom is -0.394 e. The van der Waals surface area contributed by atoms with Gasteiger partial charge in [0.25, 0.3) is 0 Å². The van der Waals surface area contributed by atoms with Gasteiger partial charge in [-0.15, -0.1) is 0 Å². The molecule has 0 aromatic rings. The Morgan fingerprint density at radius 3 is 2.25 bits per heavy atom. The molecule has 0 rings (SSSR count). The largest absolute Gasteiger partial charge is 0.394 e. The van der Waals surface area contributed by atoms with Crippen LogP contribution in [0.25, 0.3) is 0 Å². The van der Waals surface area contributed by atoms with Gasteiger partial charge in [0.2, 0.25) is 0 Å². The van der Waals surface area contributed by atoms with Gasteiger partial charge in [0.1, 0.15) is 0 Å². The molecule has 98 valence electrons. The Kier molecular flexibility index (Phi) is 7.15. The second-order valence-corrected chi connectivity index (χ2v) is 5.14. The third-order valence-electron chi connectivity index (χ3n) is 3.16. The molecule has 0 aliphatic rings. The van der Waals surface area contributed by atoms with Gasteiger partial charge in [-0.1, -0.05) is 6.92 Å². The van der Waals surface area contributed by atoms with E-state index in [1.54, 1.807) is 0 Å². The fourth-order valence-electron chi connectivity index (χ4n) is 1.88. The Labute approximate surface area is 101 Å². The van der Waals surface area contributed by atoms with Crippen molar-refractivity contribution in [3.05, 3.63) is 0 Å². The quantitative estimate of drug-likeness (QED) is 0.627. The van der Waals surface area contributed by atoms with E-state index in [-0.39, 0.29) is 12.1 Å². The molecule has 16 heavy (non-hydrogen) atoms. The molecule has 2 atom stereocenters. The number of aliphatic hydroxyl groups excluding tert-OH is 1. The first-order chi connectivity index (χ1) is 7.38. The molecule has 0 aliphatic carbocycles. The molecule has 4 nitrogen and oxygen atoms in total. The van der Waals surface area contributed by atoms with Crippen LogP contribution in [0.3, 0.4) is 0 Å². The molecular weight excluding hydrogens is 202 g/mol. The zero-order chi connectivity index (χ0) is 12.8. The summed E-state index contributed by atoms with van der Waals surface area (Å²) in [5, 5.41) is 12.6. The van der Waals surface area contributed by atoms with E-state index >= 15 is 0 Å². The molecule has 0 saturated heterocycles. The summed E-state index contributed by atoms with van der Waals surface area (Å²) in [4.78, 5) is 4.59. The topological polar surface area (TPSA) is 38.7 Å². The van der Waals surface area contributed by atoms with Gasteiger partial charge in [-0.25, -0.2) is 0 Å². The molecule has 0 bridgehead atoms. The first-order valence-corrected chi connectivity index (χ1v) is 6.07. The summed E-state index contributed by atoms with van der Waals surface area (Å²) in [5.41, 5.74) is -0.212. The fraction of sp³-hybridized carbons (Fsp3) is 1.00. The minimum absolute atomic E-state index is 0.161. The Morgan fingerprint density at radius 2 is 1.94 bits per heavy atom. The van der Waals surface area contributed by atoms with E-state index in [9.17, 15) is 5.11 Å². The van der Waals surface area contributed by atoms with Crippen molar-refractivity contribution in [2.24, 2.45) is 0 Å². The number of aliphatic hydroxyl groups is 1. The minimum atomic E-state index is -0.212. The molecule has 4 heteroatoms. The average molecular weight is 231 g/mol. The van der Waals surface area contributed by atoms with Crippen LogP contribution < -0.4 is 5.32 Å². The summed E-state index contributed by atoms with van der Waals surface area (Å²) in [6.45, 7) is 9.53. The Hall–Kier alpha value is -0.160. The van der Waals surface area contributed by atoms with Crippen molar-refractivity contribution in [3.63, 3.8) is 0 Å². The lowest BCUT2D eigenvalue weighted by Crippen LogP contribution is -2.55. The van der Waals surface area contributed by atoms with Crippen LogP contribution in [-0.2, 0) is 0 Å². The van der Waals surface area contributed by atoms with Gasteiger partial charge in [0.05, 0.1) is 12.1 Å². The van der Waals surface area contributed by atoms with Crippen molar-refractivity contribution in [3.8, 4) is 0 Å². The summed E-state index contributed by atoms with van der Waals surface area (Å²) >= 11 is 0. The van der Waals surface area contributed by atoms with Gasteiger partial charge < -0.3 is 15.3 Å². The summed E-state index contributed by atoms with van der Waals surface area (Å²) in [7, 11) is 6.09. The van der Waals surface area contributed by atoms with Crippen LogP contribution in [0.15, 0.2) is 0 Å². The SMILES string of the molecule is CCN(CC(C)(CO)NC)C(C)CN(C)C. The van der Waals surface area contributed by atoms with Crippen molar-refractivity contribution in [2.45, 2.75) is 32.4 Å². The second kappa shape index (κ2) is 7.22. The Morgan fingerprint density at radius 1 is 1.38 bits per heavy atom. The third-order valence-corrected chi connectivity index (χ3v) is 3.16. The van der Waals surface area contributed by atoms with Crippen LogP contribution in [0.4, 0.5) is 0 Å². The van der Waals surface area contributed by atoms with E-state index in [1.165, 1.54) is 0 Å². The molecule has 0 spiro atoms. The molecule has 0 amide bonds. The summed E-state index contributed by atoms with van der Waals surface area (Å²) in [6.07, 6.45) is 0. The van der Waals surface area contributed by atoms with Crippen molar-refractivity contribution in [2.75, 3.05) is 47.4 Å². The molecule has 0 saturated carbocycles. The van der Waals surface area contributed by atoms with Gasteiger partial charge in [-0.2, -0.15) is 0 Å². The monoisotopic (exact) mass is 231 g/mol. The molecular formula is C12H29N3O. The molecule has 0 aromatic carbocycles. The van der Waals surface area contributed by atoms with Crippen LogP contribution in [0.2, 0.25) is 0 Å². The van der Waals surface area contributed by atoms with Gasteiger partial charge in [-0.05, 0) is 41.5 Å². The van der Waals surface area contributed by atoms with Crippen LogP contribution in [0, 0.1) is 0 Å². The van der Waals surface area contributed by atoms with Gasteiger partial charge >= 0.3 is 0 Å². The van der Waals surface area contributed by atoms with Gasteiger partial charge in [0.15, 0.2) is 0 Å². The number of nitrogens with one attached hydrogen (secondary N) is 1.